The number of rotatable bonds is 5. The van der Waals surface area contributed by atoms with Crippen molar-refractivity contribution in [1.29, 1.82) is 0 Å². The summed E-state index contributed by atoms with van der Waals surface area (Å²) in [6, 6.07) is 19.3. The van der Waals surface area contributed by atoms with Gasteiger partial charge in [-0.05, 0) is 54.1 Å². The maximum atomic E-state index is 13.4. The van der Waals surface area contributed by atoms with Crippen LogP contribution in [0.5, 0.6) is 0 Å². The van der Waals surface area contributed by atoms with E-state index in [4.69, 9.17) is 0 Å². The van der Waals surface area contributed by atoms with Crippen LogP contribution in [-0.4, -0.2) is 47.8 Å². The van der Waals surface area contributed by atoms with Crippen molar-refractivity contribution >= 4 is 28.8 Å². The van der Waals surface area contributed by atoms with E-state index in [1.807, 2.05) is 78.7 Å². The second kappa shape index (κ2) is 9.45. The molecular weight excluding hydrogens is 406 g/mol. The topological polar surface area (TPSA) is 52.7 Å². The van der Waals surface area contributed by atoms with Gasteiger partial charge in [0.1, 0.15) is 6.04 Å². The van der Waals surface area contributed by atoms with Crippen molar-refractivity contribution in [3.05, 3.63) is 87.6 Å². The predicted octanol–water partition coefficient (Wildman–Crippen LogP) is 4.50. The van der Waals surface area contributed by atoms with Crippen LogP contribution in [0.2, 0.25) is 0 Å². The molecule has 1 N–H and O–H groups in total. The van der Waals surface area contributed by atoms with E-state index in [0.717, 1.165) is 27.3 Å². The molecule has 0 radical (unpaired) electrons. The third kappa shape index (κ3) is 5.03. The fourth-order valence-corrected chi connectivity index (χ4v) is 4.85. The summed E-state index contributed by atoms with van der Waals surface area (Å²) in [5.41, 5.74) is 4.01. The van der Waals surface area contributed by atoms with Crippen molar-refractivity contribution in [2.24, 2.45) is 0 Å². The Morgan fingerprint density at radius 2 is 1.58 bits per heavy atom. The molecule has 0 saturated carbocycles. The SMILES string of the molecule is Cc1cc(C)cc(NC(=O)[C@@H](c2ccccc2)N2CCN(C(=O)c3cccs3)CC2)c1. The fraction of sp³-hybridized carbons (Fsp3) is 0.280. The highest BCUT2D eigenvalue weighted by molar-refractivity contribution is 7.12. The number of carbonyl (C=O) groups excluding carboxylic acids is 2. The van der Waals surface area contributed by atoms with E-state index in [-0.39, 0.29) is 11.8 Å². The molecule has 0 bridgehead atoms. The largest absolute Gasteiger partial charge is 0.335 e. The van der Waals surface area contributed by atoms with Gasteiger partial charge in [-0.1, -0.05) is 42.5 Å². The van der Waals surface area contributed by atoms with Crippen LogP contribution in [0.25, 0.3) is 0 Å². The second-order valence-electron chi connectivity index (χ2n) is 7.98. The Bertz CT molecular complexity index is 1020. The number of nitrogens with zero attached hydrogens (tertiary/aromatic N) is 2. The Morgan fingerprint density at radius 3 is 2.19 bits per heavy atom. The number of nitrogens with one attached hydrogen (secondary N) is 1. The van der Waals surface area contributed by atoms with Crippen molar-refractivity contribution < 1.29 is 9.59 Å². The molecule has 160 valence electrons. The van der Waals surface area contributed by atoms with Crippen LogP contribution >= 0.6 is 11.3 Å². The van der Waals surface area contributed by atoms with Gasteiger partial charge in [-0.2, -0.15) is 0 Å². The predicted molar refractivity (Wildman–Crippen MR) is 126 cm³/mol. The highest BCUT2D eigenvalue weighted by Gasteiger charge is 2.32. The Hall–Kier alpha value is -2.96. The van der Waals surface area contributed by atoms with Crippen LogP contribution in [0, 0.1) is 13.8 Å². The Morgan fingerprint density at radius 1 is 0.903 bits per heavy atom. The lowest BCUT2D eigenvalue weighted by Gasteiger charge is -2.38. The number of piperazine rings is 1. The summed E-state index contributed by atoms with van der Waals surface area (Å²) in [6.07, 6.45) is 0. The number of thiophene rings is 1. The third-order valence-electron chi connectivity index (χ3n) is 5.55. The number of hydrogen-bond acceptors (Lipinski definition) is 4. The first kappa shape index (κ1) is 21.3. The van der Waals surface area contributed by atoms with Crippen LogP contribution in [0.1, 0.15) is 32.4 Å². The summed E-state index contributed by atoms with van der Waals surface area (Å²) in [7, 11) is 0. The lowest BCUT2D eigenvalue weighted by atomic mass is 10.0. The molecule has 1 aromatic heterocycles. The van der Waals surface area contributed by atoms with Crippen molar-refractivity contribution in [2.45, 2.75) is 19.9 Å². The van der Waals surface area contributed by atoms with E-state index in [0.29, 0.717) is 26.2 Å². The lowest BCUT2D eigenvalue weighted by molar-refractivity contribution is -0.122. The standard InChI is InChI=1S/C25H27N3O2S/c1-18-15-19(2)17-21(16-18)26-24(29)23(20-7-4-3-5-8-20)27-10-12-28(13-11-27)25(30)22-9-6-14-31-22/h3-9,14-17,23H,10-13H2,1-2H3,(H,26,29)/t23-/m1/s1. The van der Waals surface area contributed by atoms with Gasteiger partial charge in [-0.3, -0.25) is 14.5 Å². The normalized spacial score (nSPS) is 15.5. The maximum Gasteiger partial charge on any atom is 0.264 e. The van der Waals surface area contributed by atoms with E-state index in [9.17, 15) is 9.59 Å². The van der Waals surface area contributed by atoms with E-state index in [1.54, 1.807) is 0 Å². The molecule has 31 heavy (non-hydrogen) atoms. The molecule has 0 aliphatic carbocycles. The highest BCUT2D eigenvalue weighted by atomic mass is 32.1. The molecule has 5 nitrogen and oxygen atoms in total. The van der Waals surface area contributed by atoms with Gasteiger partial charge in [0.05, 0.1) is 4.88 Å². The molecular formula is C25H27N3O2S. The summed E-state index contributed by atoms with van der Waals surface area (Å²) in [5.74, 6) is 0.0276. The number of anilines is 1. The maximum absolute atomic E-state index is 13.4. The number of aryl methyl sites for hydroxylation is 2. The Labute approximate surface area is 187 Å². The minimum atomic E-state index is -0.402. The van der Waals surface area contributed by atoms with Gasteiger partial charge in [0.15, 0.2) is 0 Å². The molecule has 1 atom stereocenters. The van der Waals surface area contributed by atoms with Gasteiger partial charge < -0.3 is 10.2 Å². The van der Waals surface area contributed by atoms with Gasteiger partial charge in [0.25, 0.3) is 5.91 Å². The van der Waals surface area contributed by atoms with Gasteiger partial charge in [-0.15, -0.1) is 11.3 Å². The Kier molecular flexibility index (Phi) is 6.49. The molecule has 4 rings (SSSR count). The van der Waals surface area contributed by atoms with Crippen molar-refractivity contribution in [2.75, 3.05) is 31.5 Å². The van der Waals surface area contributed by atoms with E-state index in [2.05, 4.69) is 16.3 Å². The molecule has 0 unspecified atom stereocenters. The van der Waals surface area contributed by atoms with Crippen molar-refractivity contribution in [3.8, 4) is 0 Å². The molecule has 1 aliphatic heterocycles. The molecule has 1 fully saturated rings. The average molecular weight is 434 g/mol. The number of carbonyl (C=O) groups is 2. The first-order valence-corrected chi connectivity index (χ1v) is 11.4. The monoisotopic (exact) mass is 433 g/mol. The highest BCUT2D eigenvalue weighted by Crippen LogP contribution is 2.26. The molecule has 0 spiro atoms. The van der Waals surface area contributed by atoms with Crippen molar-refractivity contribution in [1.82, 2.24) is 9.80 Å². The van der Waals surface area contributed by atoms with E-state index in [1.165, 1.54) is 11.3 Å². The second-order valence-corrected chi connectivity index (χ2v) is 8.93. The molecule has 2 heterocycles. The van der Waals surface area contributed by atoms with Gasteiger partial charge in [0, 0.05) is 31.9 Å². The van der Waals surface area contributed by atoms with Crippen LogP contribution in [0.15, 0.2) is 66.0 Å². The first-order valence-electron chi connectivity index (χ1n) is 10.5. The number of benzene rings is 2. The van der Waals surface area contributed by atoms with E-state index < -0.39 is 6.04 Å². The summed E-state index contributed by atoms with van der Waals surface area (Å²) in [4.78, 5) is 30.9. The Balaban J connectivity index is 1.51. The minimum Gasteiger partial charge on any atom is -0.335 e. The average Bonchev–Trinajstić information content (AvgIpc) is 3.29. The fourth-order valence-electron chi connectivity index (χ4n) is 4.16. The molecule has 6 heteroatoms. The minimum absolute atomic E-state index is 0.0470. The quantitative estimate of drug-likeness (QED) is 0.644. The molecule has 2 amide bonds. The summed E-state index contributed by atoms with van der Waals surface area (Å²) < 4.78 is 0. The van der Waals surface area contributed by atoms with Crippen molar-refractivity contribution in [3.63, 3.8) is 0 Å². The molecule has 1 aliphatic rings. The zero-order valence-corrected chi connectivity index (χ0v) is 18.7. The lowest BCUT2D eigenvalue weighted by Crippen LogP contribution is -2.51. The van der Waals surface area contributed by atoms with Gasteiger partial charge >= 0.3 is 0 Å². The smallest absolute Gasteiger partial charge is 0.264 e. The molecule has 2 aromatic carbocycles. The van der Waals surface area contributed by atoms with Gasteiger partial charge in [0.2, 0.25) is 5.91 Å². The number of hydrogen-bond donors (Lipinski definition) is 1. The molecule has 3 aromatic rings. The van der Waals surface area contributed by atoms with Crippen LogP contribution in [0.3, 0.4) is 0 Å². The molecule has 1 saturated heterocycles. The van der Waals surface area contributed by atoms with Crippen LogP contribution < -0.4 is 5.32 Å². The summed E-state index contributed by atoms with van der Waals surface area (Å²) in [6.45, 7) is 6.57. The zero-order valence-electron chi connectivity index (χ0n) is 17.9. The third-order valence-corrected chi connectivity index (χ3v) is 6.41. The summed E-state index contributed by atoms with van der Waals surface area (Å²) >= 11 is 1.47. The number of amides is 2. The zero-order chi connectivity index (χ0) is 21.8. The van der Waals surface area contributed by atoms with Gasteiger partial charge in [-0.25, -0.2) is 0 Å². The van der Waals surface area contributed by atoms with Crippen LogP contribution in [0.4, 0.5) is 5.69 Å². The van der Waals surface area contributed by atoms with Crippen LogP contribution in [-0.2, 0) is 4.79 Å². The first-order chi connectivity index (χ1) is 15.0. The summed E-state index contributed by atoms with van der Waals surface area (Å²) in [5, 5.41) is 5.04. The van der Waals surface area contributed by atoms with E-state index >= 15 is 0 Å².